The highest BCUT2D eigenvalue weighted by Crippen LogP contribution is 2.37. The lowest BCUT2D eigenvalue weighted by Gasteiger charge is -2.38. The highest BCUT2D eigenvalue weighted by molar-refractivity contribution is 6.31. The molecule has 2 unspecified atom stereocenters. The summed E-state index contributed by atoms with van der Waals surface area (Å²) in [4.78, 5) is 33.8. The highest BCUT2D eigenvalue weighted by Gasteiger charge is 2.38. The zero-order valence-corrected chi connectivity index (χ0v) is 24.5. The molecule has 14 heteroatoms. The van der Waals surface area contributed by atoms with Gasteiger partial charge in [-0.25, -0.2) is 22.4 Å². The first-order chi connectivity index (χ1) is 20.4. The van der Waals surface area contributed by atoms with E-state index in [4.69, 9.17) is 21.1 Å². The number of carbonyl (C=O) groups is 2. The van der Waals surface area contributed by atoms with Crippen LogP contribution >= 0.6 is 11.6 Å². The number of carbonyl (C=O) groups excluding carboxylic acids is 2. The summed E-state index contributed by atoms with van der Waals surface area (Å²) in [5.74, 6) is -7.98. The quantitative estimate of drug-likeness (QED) is 0.249. The van der Waals surface area contributed by atoms with Crippen LogP contribution in [-0.2, 0) is 19.1 Å². The summed E-state index contributed by atoms with van der Waals surface area (Å²) in [5.41, 5.74) is -0.365. The van der Waals surface area contributed by atoms with Crippen LogP contribution in [-0.4, -0.2) is 84.3 Å². The molecule has 1 amide bonds. The van der Waals surface area contributed by atoms with Crippen molar-refractivity contribution in [1.82, 2.24) is 15.1 Å². The predicted octanol–water partition coefficient (Wildman–Crippen LogP) is 3.69. The summed E-state index contributed by atoms with van der Waals surface area (Å²) in [6.07, 6.45) is 0. The maximum atomic E-state index is 14.9. The molecule has 2 atom stereocenters. The molecule has 0 aromatic heterocycles. The van der Waals surface area contributed by atoms with E-state index in [1.807, 2.05) is 4.90 Å². The Balaban J connectivity index is 1.73. The molecule has 0 saturated carbocycles. The van der Waals surface area contributed by atoms with Crippen LogP contribution in [0.3, 0.4) is 0 Å². The minimum Gasteiger partial charge on any atom is -0.463 e. The minimum atomic E-state index is -1.99. The Bertz CT molecular complexity index is 1440. The number of hydrogen-bond acceptors (Lipinski definition) is 8. The van der Waals surface area contributed by atoms with Gasteiger partial charge in [-0.05, 0) is 32.9 Å². The topological polar surface area (TPSA) is 104 Å². The molecule has 0 bridgehead atoms. The van der Waals surface area contributed by atoms with Crippen molar-refractivity contribution in [3.05, 3.63) is 81.0 Å². The average molecular weight is 627 g/mol. The van der Waals surface area contributed by atoms with Crippen LogP contribution in [0.15, 0.2) is 46.6 Å². The third-order valence-electron chi connectivity index (χ3n) is 6.99. The first-order valence-electron chi connectivity index (χ1n) is 13.6. The molecule has 43 heavy (non-hydrogen) atoms. The summed E-state index contributed by atoms with van der Waals surface area (Å²) >= 11 is 6.35. The first-order valence-corrected chi connectivity index (χ1v) is 14.0. The average Bonchev–Trinajstić information content (AvgIpc) is 2.92. The molecule has 2 heterocycles. The fourth-order valence-corrected chi connectivity index (χ4v) is 5.25. The second kappa shape index (κ2) is 13.4. The standard InChI is InChI=1S/C29H31ClF4N4O5/c1-4-42-27(39)24-22(15-37-8-10-38(11-9-37)28(40)29(3,41)43-5-2)35-26(23-20(33)13-17(32)14-21(23)34)36-25(24)18-7-6-16(31)12-19(18)30/h6-7,12-14,25,41H,4-5,8-11,15H2,1-3H3,(H,35,36). The number of benzene rings is 2. The molecule has 4 rings (SSSR count). The first kappa shape index (κ1) is 32.4. The summed E-state index contributed by atoms with van der Waals surface area (Å²) in [7, 11) is 0. The van der Waals surface area contributed by atoms with E-state index < -0.39 is 52.5 Å². The summed E-state index contributed by atoms with van der Waals surface area (Å²) in [6, 6.07) is 3.15. The van der Waals surface area contributed by atoms with E-state index in [-0.39, 0.29) is 60.5 Å². The number of amides is 1. The van der Waals surface area contributed by atoms with E-state index in [1.165, 1.54) is 17.9 Å². The Morgan fingerprint density at radius 1 is 1.05 bits per heavy atom. The number of halogens is 5. The van der Waals surface area contributed by atoms with Crippen molar-refractivity contribution >= 4 is 29.3 Å². The molecule has 0 spiro atoms. The number of aliphatic hydroxyl groups is 1. The fraction of sp³-hybridized carbons (Fsp3) is 0.414. The third kappa shape index (κ3) is 7.18. The van der Waals surface area contributed by atoms with E-state index >= 15 is 0 Å². The van der Waals surface area contributed by atoms with E-state index in [1.54, 1.807) is 13.8 Å². The molecule has 0 radical (unpaired) electrons. The van der Waals surface area contributed by atoms with Gasteiger partial charge in [0.2, 0.25) is 5.79 Å². The van der Waals surface area contributed by atoms with Gasteiger partial charge in [0, 0.05) is 67.7 Å². The van der Waals surface area contributed by atoms with Gasteiger partial charge in [0.25, 0.3) is 5.91 Å². The molecule has 232 valence electrons. The molecular weight excluding hydrogens is 596 g/mol. The molecule has 0 aliphatic carbocycles. The molecule has 1 saturated heterocycles. The normalized spacial score (nSPS) is 19.0. The Hall–Kier alpha value is -3.52. The molecule has 1 fully saturated rings. The number of nitrogens with one attached hydrogen (secondary N) is 1. The van der Waals surface area contributed by atoms with Crippen LogP contribution in [0.2, 0.25) is 5.02 Å². The zero-order valence-electron chi connectivity index (χ0n) is 23.7. The smallest absolute Gasteiger partial charge is 0.338 e. The third-order valence-corrected chi connectivity index (χ3v) is 7.31. The van der Waals surface area contributed by atoms with Crippen molar-refractivity contribution < 1.29 is 41.7 Å². The van der Waals surface area contributed by atoms with Crippen molar-refractivity contribution in [2.75, 3.05) is 45.9 Å². The number of amidine groups is 1. The molecule has 9 nitrogen and oxygen atoms in total. The van der Waals surface area contributed by atoms with Crippen molar-refractivity contribution in [3.63, 3.8) is 0 Å². The number of esters is 1. The lowest BCUT2D eigenvalue weighted by Crippen LogP contribution is -2.56. The van der Waals surface area contributed by atoms with Crippen LogP contribution in [0.1, 0.15) is 37.9 Å². The van der Waals surface area contributed by atoms with Gasteiger partial charge in [0.15, 0.2) is 0 Å². The zero-order chi connectivity index (χ0) is 31.5. The lowest BCUT2D eigenvalue weighted by atomic mass is 9.94. The van der Waals surface area contributed by atoms with Crippen LogP contribution in [0.5, 0.6) is 0 Å². The van der Waals surface area contributed by atoms with Gasteiger partial charge in [0.05, 0.1) is 17.7 Å². The maximum absolute atomic E-state index is 14.9. The second-order valence-electron chi connectivity index (χ2n) is 10.0. The van der Waals surface area contributed by atoms with Gasteiger partial charge < -0.3 is 24.8 Å². The lowest BCUT2D eigenvalue weighted by molar-refractivity contribution is -0.208. The Morgan fingerprint density at radius 3 is 2.28 bits per heavy atom. The fourth-order valence-electron chi connectivity index (χ4n) is 4.98. The SMILES string of the molecule is CCOC(=O)C1=C(CN2CCN(C(=O)C(C)(O)OCC)CC2)NC(c2c(F)cc(F)cc2F)=NC1c1ccc(F)cc1Cl. The molecule has 2 aromatic carbocycles. The van der Waals surface area contributed by atoms with E-state index in [0.717, 1.165) is 12.1 Å². The number of aliphatic imine (C=N–C) groups is 1. The molecule has 2 N–H and O–H groups in total. The van der Waals surface area contributed by atoms with Crippen LogP contribution in [0, 0.1) is 23.3 Å². The summed E-state index contributed by atoms with van der Waals surface area (Å²) in [6.45, 7) is 5.66. The largest absolute Gasteiger partial charge is 0.463 e. The van der Waals surface area contributed by atoms with Crippen molar-refractivity contribution in [2.45, 2.75) is 32.6 Å². The van der Waals surface area contributed by atoms with E-state index in [0.29, 0.717) is 25.2 Å². The number of ether oxygens (including phenoxy) is 2. The number of nitrogens with zero attached hydrogens (tertiary/aromatic N) is 3. The van der Waals surface area contributed by atoms with Gasteiger partial charge in [-0.3, -0.25) is 14.7 Å². The number of piperazine rings is 1. The summed E-state index contributed by atoms with van der Waals surface area (Å²) in [5, 5.41) is 13.1. The van der Waals surface area contributed by atoms with Crippen LogP contribution in [0.25, 0.3) is 0 Å². The van der Waals surface area contributed by atoms with Gasteiger partial charge >= 0.3 is 5.97 Å². The number of rotatable bonds is 9. The monoisotopic (exact) mass is 626 g/mol. The summed E-state index contributed by atoms with van der Waals surface area (Å²) < 4.78 is 68.0. The molecule has 2 aliphatic rings. The Kier molecular flexibility index (Phi) is 10.1. The van der Waals surface area contributed by atoms with Crippen molar-refractivity contribution in [2.24, 2.45) is 4.99 Å². The van der Waals surface area contributed by atoms with Crippen LogP contribution in [0.4, 0.5) is 17.6 Å². The van der Waals surface area contributed by atoms with Crippen LogP contribution < -0.4 is 5.32 Å². The van der Waals surface area contributed by atoms with Gasteiger partial charge in [0.1, 0.15) is 35.1 Å². The molecule has 2 aliphatic heterocycles. The van der Waals surface area contributed by atoms with E-state index in [9.17, 15) is 32.3 Å². The highest BCUT2D eigenvalue weighted by atomic mass is 35.5. The molecule has 2 aromatic rings. The van der Waals surface area contributed by atoms with Crippen molar-refractivity contribution in [1.29, 1.82) is 0 Å². The van der Waals surface area contributed by atoms with Crippen molar-refractivity contribution in [3.8, 4) is 0 Å². The maximum Gasteiger partial charge on any atom is 0.338 e. The van der Waals surface area contributed by atoms with Gasteiger partial charge in [-0.2, -0.15) is 0 Å². The minimum absolute atomic E-state index is 0.00217. The van der Waals surface area contributed by atoms with Gasteiger partial charge in [-0.1, -0.05) is 17.7 Å². The number of hydrogen-bond donors (Lipinski definition) is 2. The van der Waals surface area contributed by atoms with E-state index in [2.05, 4.69) is 10.3 Å². The predicted molar refractivity (Wildman–Crippen MR) is 149 cm³/mol. The van der Waals surface area contributed by atoms with Gasteiger partial charge in [-0.15, -0.1) is 0 Å². The Morgan fingerprint density at radius 2 is 1.70 bits per heavy atom. The molecular formula is C29H31ClF4N4O5. The second-order valence-corrected chi connectivity index (χ2v) is 10.4. The Labute approximate surface area is 250 Å².